The fourth-order valence-electron chi connectivity index (χ4n) is 3.35. The Kier molecular flexibility index (Phi) is 2.92. The van der Waals surface area contributed by atoms with Crippen molar-refractivity contribution in [1.29, 1.82) is 0 Å². The lowest BCUT2D eigenvalue weighted by atomic mass is 9.84. The molecule has 3 aliphatic rings. The Morgan fingerprint density at radius 3 is 2.55 bits per heavy atom. The average Bonchev–Trinajstić information content (AvgIpc) is 3.04. The van der Waals surface area contributed by atoms with E-state index in [1.165, 1.54) is 44.6 Å². The molecule has 0 amide bonds. The van der Waals surface area contributed by atoms with E-state index in [-0.39, 0.29) is 0 Å². The Bertz CT molecular complexity index is 558. The molecule has 0 radical (unpaired) electrons. The van der Waals surface area contributed by atoms with Crippen LogP contribution in [0.5, 0.6) is 0 Å². The summed E-state index contributed by atoms with van der Waals surface area (Å²) in [5.41, 5.74) is 2.13. The second-order valence-corrected chi connectivity index (χ2v) is 5.71. The van der Waals surface area contributed by atoms with Gasteiger partial charge in [0.25, 0.3) is 0 Å². The van der Waals surface area contributed by atoms with Gasteiger partial charge < -0.3 is 14.6 Å². The van der Waals surface area contributed by atoms with Gasteiger partial charge in [-0.1, -0.05) is 0 Å². The highest BCUT2D eigenvalue weighted by Gasteiger charge is 2.33. The topological polar surface area (TPSA) is 54.2 Å². The Labute approximate surface area is 118 Å². The molecule has 1 N–H and O–H groups in total. The van der Waals surface area contributed by atoms with Crippen LogP contribution in [0.3, 0.4) is 0 Å². The van der Waals surface area contributed by atoms with Gasteiger partial charge >= 0.3 is 0 Å². The van der Waals surface area contributed by atoms with E-state index in [0.717, 1.165) is 11.5 Å². The van der Waals surface area contributed by atoms with Crippen LogP contribution in [-0.2, 0) is 0 Å². The number of aromatic nitrogens is 2. The summed E-state index contributed by atoms with van der Waals surface area (Å²) in [6.45, 7) is 3.73. The molecule has 0 saturated carbocycles. The quantitative estimate of drug-likeness (QED) is 0.927. The maximum Gasteiger partial charge on any atom is 0.247 e. The van der Waals surface area contributed by atoms with Gasteiger partial charge in [0.2, 0.25) is 12.3 Å². The second-order valence-electron chi connectivity index (χ2n) is 5.71. The maximum absolute atomic E-state index is 5.20. The molecule has 3 saturated heterocycles. The third-order valence-electron chi connectivity index (χ3n) is 4.50. The number of hydrogen-bond donors (Lipinski definition) is 1. The minimum atomic E-state index is 0.569. The summed E-state index contributed by atoms with van der Waals surface area (Å²) in [5, 5.41) is 11.3. The lowest BCUT2D eigenvalue weighted by Crippen LogP contribution is -2.53. The number of rotatable bonds is 3. The molecule has 5 nitrogen and oxygen atoms in total. The molecule has 2 bridgehead atoms. The molecular formula is C15H18N4O. The van der Waals surface area contributed by atoms with Crippen LogP contribution in [0, 0.1) is 5.92 Å². The summed E-state index contributed by atoms with van der Waals surface area (Å²) in [5.74, 6) is 1.40. The molecule has 5 heteroatoms. The summed E-state index contributed by atoms with van der Waals surface area (Å²) >= 11 is 0. The molecule has 0 aliphatic carbocycles. The fourth-order valence-corrected chi connectivity index (χ4v) is 3.35. The summed E-state index contributed by atoms with van der Waals surface area (Å²) < 4.78 is 5.20. The molecule has 3 fully saturated rings. The van der Waals surface area contributed by atoms with Crippen LogP contribution in [0.4, 0.5) is 5.69 Å². The Balaban J connectivity index is 1.47. The smallest absolute Gasteiger partial charge is 0.247 e. The predicted molar refractivity (Wildman–Crippen MR) is 76.3 cm³/mol. The Morgan fingerprint density at radius 2 is 1.95 bits per heavy atom. The Hall–Kier alpha value is -1.88. The highest BCUT2D eigenvalue weighted by molar-refractivity contribution is 5.58. The van der Waals surface area contributed by atoms with Crippen molar-refractivity contribution in [1.82, 2.24) is 15.1 Å². The van der Waals surface area contributed by atoms with Gasteiger partial charge in [0.05, 0.1) is 0 Å². The van der Waals surface area contributed by atoms with Crippen molar-refractivity contribution in [3.8, 4) is 11.5 Å². The lowest BCUT2D eigenvalue weighted by Gasteiger charge is -2.45. The van der Waals surface area contributed by atoms with Gasteiger partial charge in [-0.2, -0.15) is 0 Å². The molecule has 5 rings (SSSR count). The average molecular weight is 270 g/mol. The number of nitrogens with one attached hydrogen (secondary N) is 1. The third-order valence-corrected chi connectivity index (χ3v) is 4.50. The van der Waals surface area contributed by atoms with Crippen molar-refractivity contribution < 1.29 is 4.42 Å². The first-order valence-corrected chi connectivity index (χ1v) is 7.24. The molecule has 1 aromatic carbocycles. The molecule has 20 heavy (non-hydrogen) atoms. The number of anilines is 1. The number of nitrogens with zero attached hydrogens (tertiary/aromatic N) is 3. The Morgan fingerprint density at radius 1 is 1.15 bits per heavy atom. The van der Waals surface area contributed by atoms with Gasteiger partial charge in [-0.25, -0.2) is 0 Å². The third kappa shape index (κ3) is 2.18. The predicted octanol–water partition coefficient (Wildman–Crippen LogP) is 2.24. The van der Waals surface area contributed by atoms with E-state index in [9.17, 15) is 0 Å². The summed E-state index contributed by atoms with van der Waals surface area (Å²) in [6, 6.07) is 8.83. The fraction of sp³-hybridized carbons (Fsp3) is 0.467. The van der Waals surface area contributed by atoms with Crippen molar-refractivity contribution in [2.75, 3.05) is 25.0 Å². The van der Waals surface area contributed by atoms with Crippen LogP contribution in [-0.4, -0.2) is 40.8 Å². The van der Waals surface area contributed by atoms with E-state index >= 15 is 0 Å². The van der Waals surface area contributed by atoms with E-state index in [4.69, 9.17) is 4.42 Å². The molecule has 1 unspecified atom stereocenters. The van der Waals surface area contributed by atoms with Crippen LogP contribution >= 0.6 is 0 Å². The van der Waals surface area contributed by atoms with Gasteiger partial charge in [-0.05, 0) is 56.1 Å². The van der Waals surface area contributed by atoms with Gasteiger partial charge in [0, 0.05) is 23.8 Å². The van der Waals surface area contributed by atoms with Gasteiger partial charge in [0.1, 0.15) is 0 Å². The molecule has 1 atom stereocenters. The van der Waals surface area contributed by atoms with E-state index < -0.39 is 0 Å². The monoisotopic (exact) mass is 270 g/mol. The minimum Gasteiger partial charge on any atom is -0.423 e. The van der Waals surface area contributed by atoms with E-state index in [0.29, 0.717) is 11.9 Å². The number of benzene rings is 1. The minimum absolute atomic E-state index is 0.569. The van der Waals surface area contributed by atoms with Crippen molar-refractivity contribution in [2.45, 2.75) is 18.9 Å². The molecule has 2 aromatic rings. The van der Waals surface area contributed by atoms with Crippen LogP contribution in [0.25, 0.3) is 11.5 Å². The lowest BCUT2D eigenvalue weighted by molar-refractivity contribution is 0.0975. The zero-order valence-electron chi connectivity index (χ0n) is 11.3. The van der Waals surface area contributed by atoms with Crippen molar-refractivity contribution in [2.24, 2.45) is 5.92 Å². The molecule has 3 aliphatic heterocycles. The maximum atomic E-state index is 5.20. The van der Waals surface area contributed by atoms with Crippen LogP contribution < -0.4 is 5.32 Å². The van der Waals surface area contributed by atoms with Crippen molar-refractivity contribution >= 4 is 5.69 Å². The van der Waals surface area contributed by atoms with Gasteiger partial charge in [-0.3, -0.25) is 0 Å². The molecule has 0 spiro atoms. The summed E-state index contributed by atoms with van der Waals surface area (Å²) in [4.78, 5) is 2.56. The molecule has 4 heterocycles. The zero-order valence-corrected chi connectivity index (χ0v) is 11.3. The molecule has 104 valence electrons. The number of fused-ring (bicyclic) bond motifs is 3. The van der Waals surface area contributed by atoms with E-state index in [2.05, 4.69) is 32.5 Å². The first kappa shape index (κ1) is 11.9. The molecular weight excluding hydrogens is 252 g/mol. The van der Waals surface area contributed by atoms with Crippen molar-refractivity contribution in [3.05, 3.63) is 30.7 Å². The summed E-state index contributed by atoms with van der Waals surface area (Å²) in [6.07, 6.45) is 4.02. The SMILES string of the molecule is c1nnc(-c2ccc(NC3CN4CCC3CC4)cc2)o1. The normalized spacial score (nSPS) is 28.5. The highest BCUT2D eigenvalue weighted by Crippen LogP contribution is 2.30. The first-order valence-electron chi connectivity index (χ1n) is 7.24. The number of hydrogen-bond acceptors (Lipinski definition) is 5. The van der Waals surface area contributed by atoms with Crippen LogP contribution in [0.2, 0.25) is 0 Å². The largest absolute Gasteiger partial charge is 0.423 e. The van der Waals surface area contributed by atoms with Crippen LogP contribution in [0.1, 0.15) is 12.8 Å². The van der Waals surface area contributed by atoms with Crippen molar-refractivity contribution in [3.63, 3.8) is 0 Å². The van der Waals surface area contributed by atoms with E-state index in [1.54, 1.807) is 0 Å². The van der Waals surface area contributed by atoms with Gasteiger partial charge in [-0.15, -0.1) is 10.2 Å². The number of piperidine rings is 3. The van der Waals surface area contributed by atoms with E-state index in [1.807, 2.05) is 12.1 Å². The standard InChI is InChI=1S/C15H18N4O/c1-3-13(4-2-12(1)15-18-16-10-20-15)17-14-9-19-7-5-11(14)6-8-19/h1-4,10-11,14,17H,5-9H2. The van der Waals surface area contributed by atoms with Gasteiger partial charge in [0.15, 0.2) is 0 Å². The van der Waals surface area contributed by atoms with Crippen LogP contribution in [0.15, 0.2) is 35.1 Å². The first-order chi connectivity index (χ1) is 9.88. The summed E-state index contributed by atoms with van der Waals surface area (Å²) in [7, 11) is 0. The highest BCUT2D eigenvalue weighted by atomic mass is 16.4. The second kappa shape index (κ2) is 4.90. The zero-order chi connectivity index (χ0) is 13.4. The molecule has 1 aromatic heterocycles.